The van der Waals surface area contributed by atoms with Gasteiger partial charge in [0, 0.05) is 29.7 Å². The zero-order chi connectivity index (χ0) is 12.3. The number of carbonyl (C=O) groups excluding carboxylic acids is 1. The van der Waals surface area contributed by atoms with Gasteiger partial charge < -0.3 is 4.74 Å². The number of Topliss-reactive ketones (excluding diaryl/α,β-unsaturated/α-hetero) is 1. The van der Waals surface area contributed by atoms with E-state index in [0.29, 0.717) is 22.9 Å². The summed E-state index contributed by atoms with van der Waals surface area (Å²) in [6, 6.07) is 5.37. The van der Waals surface area contributed by atoms with Gasteiger partial charge in [0.05, 0.1) is 5.02 Å². The van der Waals surface area contributed by atoms with E-state index in [9.17, 15) is 4.79 Å². The summed E-state index contributed by atoms with van der Waals surface area (Å²) >= 11 is 9.30. The van der Waals surface area contributed by atoms with Crippen LogP contribution in [-0.4, -0.2) is 19.0 Å². The van der Waals surface area contributed by atoms with Crippen molar-refractivity contribution in [2.24, 2.45) is 5.92 Å². The van der Waals surface area contributed by atoms with E-state index in [1.54, 1.807) is 6.07 Å². The van der Waals surface area contributed by atoms with Crippen LogP contribution in [0.4, 0.5) is 0 Å². The van der Waals surface area contributed by atoms with Crippen molar-refractivity contribution in [1.82, 2.24) is 0 Å². The standard InChI is InChI=1S/C13H14BrClO2/c14-11-2-1-10(8-12(11)15)13(16)7-9-3-5-17-6-4-9/h1-2,8-9H,3-7H2. The molecule has 0 spiro atoms. The predicted molar refractivity (Wildman–Crippen MR) is 71.6 cm³/mol. The second-order valence-corrected chi connectivity index (χ2v) is 5.57. The van der Waals surface area contributed by atoms with Crippen LogP contribution in [0.3, 0.4) is 0 Å². The molecule has 4 heteroatoms. The Morgan fingerprint density at radius 1 is 1.41 bits per heavy atom. The fraction of sp³-hybridized carbons (Fsp3) is 0.462. The van der Waals surface area contributed by atoms with E-state index < -0.39 is 0 Å². The quantitative estimate of drug-likeness (QED) is 0.785. The number of ketones is 1. The van der Waals surface area contributed by atoms with Gasteiger partial charge in [0.15, 0.2) is 5.78 Å². The van der Waals surface area contributed by atoms with Gasteiger partial charge in [-0.15, -0.1) is 0 Å². The largest absolute Gasteiger partial charge is 0.381 e. The summed E-state index contributed by atoms with van der Waals surface area (Å²) in [4.78, 5) is 12.1. The maximum absolute atomic E-state index is 12.1. The first-order chi connectivity index (χ1) is 8.16. The molecule has 0 aromatic heterocycles. The van der Waals surface area contributed by atoms with Crippen LogP contribution < -0.4 is 0 Å². The highest BCUT2D eigenvalue weighted by molar-refractivity contribution is 9.10. The summed E-state index contributed by atoms with van der Waals surface area (Å²) in [6.07, 6.45) is 2.56. The van der Waals surface area contributed by atoms with E-state index in [0.717, 1.165) is 30.5 Å². The zero-order valence-corrected chi connectivity index (χ0v) is 11.8. The highest BCUT2D eigenvalue weighted by Crippen LogP contribution is 2.26. The Morgan fingerprint density at radius 3 is 2.76 bits per heavy atom. The van der Waals surface area contributed by atoms with E-state index in [2.05, 4.69) is 15.9 Å². The van der Waals surface area contributed by atoms with E-state index in [1.165, 1.54) is 0 Å². The number of carbonyl (C=O) groups is 1. The average molecular weight is 318 g/mol. The normalized spacial score (nSPS) is 17.1. The fourth-order valence-electron chi connectivity index (χ4n) is 2.00. The maximum Gasteiger partial charge on any atom is 0.163 e. The minimum atomic E-state index is 0.173. The Kier molecular flexibility index (Phi) is 4.60. The Balaban J connectivity index is 2.01. The van der Waals surface area contributed by atoms with E-state index >= 15 is 0 Å². The summed E-state index contributed by atoms with van der Waals surface area (Å²) in [6.45, 7) is 1.55. The molecule has 1 aliphatic heterocycles. The molecule has 0 radical (unpaired) electrons. The number of benzene rings is 1. The third-order valence-corrected chi connectivity index (χ3v) is 4.29. The zero-order valence-electron chi connectivity index (χ0n) is 9.42. The second-order valence-electron chi connectivity index (χ2n) is 4.31. The van der Waals surface area contributed by atoms with Crippen LogP contribution in [0, 0.1) is 5.92 Å². The molecular formula is C13H14BrClO2. The summed E-state index contributed by atoms with van der Waals surface area (Å²) in [7, 11) is 0. The van der Waals surface area contributed by atoms with Gasteiger partial charge in [0.25, 0.3) is 0 Å². The number of ether oxygens (including phenoxy) is 1. The number of rotatable bonds is 3. The van der Waals surface area contributed by atoms with Crippen LogP contribution in [0.5, 0.6) is 0 Å². The molecule has 92 valence electrons. The number of halogens is 2. The van der Waals surface area contributed by atoms with Crippen LogP contribution in [0.1, 0.15) is 29.6 Å². The molecule has 1 aromatic carbocycles. The minimum absolute atomic E-state index is 0.173. The molecule has 0 bridgehead atoms. The second kappa shape index (κ2) is 5.98. The molecule has 0 N–H and O–H groups in total. The van der Waals surface area contributed by atoms with Crippen molar-refractivity contribution in [2.45, 2.75) is 19.3 Å². The van der Waals surface area contributed by atoms with Gasteiger partial charge in [-0.3, -0.25) is 4.79 Å². The lowest BCUT2D eigenvalue weighted by atomic mass is 9.92. The van der Waals surface area contributed by atoms with E-state index in [4.69, 9.17) is 16.3 Å². The van der Waals surface area contributed by atoms with Crippen molar-refractivity contribution < 1.29 is 9.53 Å². The molecule has 2 rings (SSSR count). The molecule has 2 nitrogen and oxygen atoms in total. The van der Waals surface area contributed by atoms with Crippen molar-refractivity contribution in [3.05, 3.63) is 33.3 Å². The highest BCUT2D eigenvalue weighted by atomic mass is 79.9. The molecule has 0 aliphatic carbocycles. The first kappa shape index (κ1) is 13.1. The average Bonchev–Trinajstić information content (AvgIpc) is 2.34. The Bertz CT molecular complexity index is 414. The lowest BCUT2D eigenvalue weighted by Crippen LogP contribution is -2.18. The lowest BCUT2D eigenvalue weighted by molar-refractivity contribution is 0.0601. The third kappa shape index (κ3) is 3.54. The van der Waals surface area contributed by atoms with Gasteiger partial charge in [-0.2, -0.15) is 0 Å². The monoisotopic (exact) mass is 316 g/mol. The molecule has 17 heavy (non-hydrogen) atoms. The molecule has 1 aromatic rings. The van der Waals surface area contributed by atoms with Crippen LogP contribution in [0.15, 0.2) is 22.7 Å². The number of hydrogen-bond acceptors (Lipinski definition) is 2. The topological polar surface area (TPSA) is 26.3 Å². The van der Waals surface area contributed by atoms with Crippen molar-refractivity contribution >= 4 is 33.3 Å². The van der Waals surface area contributed by atoms with Gasteiger partial charge in [-0.05, 0) is 46.8 Å². The smallest absolute Gasteiger partial charge is 0.163 e. The van der Waals surface area contributed by atoms with Crippen molar-refractivity contribution in [3.63, 3.8) is 0 Å². The highest BCUT2D eigenvalue weighted by Gasteiger charge is 2.18. The number of hydrogen-bond donors (Lipinski definition) is 0. The van der Waals surface area contributed by atoms with Crippen molar-refractivity contribution in [2.75, 3.05) is 13.2 Å². The van der Waals surface area contributed by atoms with Gasteiger partial charge in [0.1, 0.15) is 0 Å². The molecule has 0 unspecified atom stereocenters. The maximum atomic E-state index is 12.1. The Hall–Kier alpha value is -0.380. The molecular weight excluding hydrogens is 303 g/mol. The lowest BCUT2D eigenvalue weighted by Gasteiger charge is -2.21. The van der Waals surface area contributed by atoms with Crippen LogP contribution >= 0.6 is 27.5 Å². The molecule has 0 saturated carbocycles. The molecule has 1 heterocycles. The van der Waals surface area contributed by atoms with Gasteiger partial charge in [-0.25, -0.2) is 0 Å². The van der Waals surface area contributed by atoms with Crippen molar-refractivity contribution in [1.29, 1.82) is 0 Å². The fourth-order valence-corrected chi connectivity index (χ4v) is 2.43. The summed E-state index contributed by atoms with van der Waals surface area (Å²) in [5, 5.41) is 0.586. The van der Waals surface area contributed by atoms with E-state index in [-0.39, 0.29) is 5.78 Å². The van der Waals surface area contributed by atoms with Crippen LogP contribution in [-0.2, 0) is 4.74 Å². The Morgan fingerprint density at radius 2 is 2.12 bits per heavy atom. The van der Waals surface area contributed by atoms with E-state index in [1.807, 2.05) is 12.1 Å². The minimum Gasteiger partial charge on any atom is -0.381 e. The Labute approximate surface area is 114 Å². The first-order valence-electron chi connectivity index (χ1n) is 5.73. The van der Waals surface area contributed by atoms with Gasteiger partial charge in [0.2, 0.25) is 0 Å². The molecule has 1 fully saturated rings. The molecule has 1 aliphatic rings. The van der Waals surface area contributed by atoms with Crippen molar-refractivity contribution in [3.8, 4) is 0 Å². The summed E-state index contributed by atoms with van der Waals surface area (Å²) in [5.74, 6) is 0.630. The first-order valence-corrected chi connectivity index (χ1v) is 6.90. The summed E-state index contributed by atoms with van der Waals surface area (Å²) in [5.41, 5.74) is 0.699. The summed E-state index contributed by atoms with van der Waals surface area (Å²) < 4.78 is 6.10. The molecule has 0 amide bonds. The van der Waals surface area contributed by atoms with Gasteiger partial charge >= 0.3 is 0 Å². The van der Waals surface area contributed by atoms with Gasteiger partial charge in [-0.1, -0.05) is 17.7 Å². The predicted octanol–water partition coefficient (Wildman–Crippen LogP) is 4.10. The van der Waals surface area contributed by atoms with Crippen LogP contribution in [0.25, 0.3) is 0 Å². The SMILES string of the molecule is O=C(CC1CCOCC1)c1ccc(Br)c(Cl)c1. The molecule has 0 atom stereocenters. The molecule has 1 saturated heterocycles. The van der Waals surface area contributed by atoms with Crippen LogP contribution in [0.2, 0.25) is 5.02 Å². The third-order valence-electron chi connectivity index (χ3n) is 3.06.